The lowest BCUT2D eigenvalue weighted by molar-refractivity contribution is 0.414. The van der Waals surface area contributed by atoms with E-state index in [9.17, 15) is 5.11 Å². The van der Waals surface area contributed by atoms with Crippen molar-refractivity contribution in [3.8, 4) is 23.8 Å². The molecule has 2 nitrogen and oxygen atoms in total. The topological polar surface area (TPSA) is 29.5 Å². The van der Waals surface area contributed by atoms with Crippen molar-refractivity contribution in [2.45, 2.75) is 19.8 Å². The maximum atomic E-state index is 9.77. The molecule has 0 amide bonds. The molecule has 92 valence electrons. The standard InChI is InChI=1S/C16H16O2/c1-5-13-15(18-4)7-6-11-8-12(17)9-14(10(2)3)16(11)13/h1,6-10,17H,2-4H3. The van der Waals surface area contributed by atoms with Crippen LogP contribution in [-0.2, 0) is 0 Å². The van der Waals surface area contributed by atoms with Gasteiger partial charge in [-0.05, 0) is 35.1 Å². The Kier molecular flexibility index (Phi) is 3.16. The van der Waals surface area contributed by atoms with E-state index in [2.05, 4.69) is 19.8 Å². The van der Waals surface area contributed by atoms with Gasteiger partial charge in [0.2, 0.25) is 0 Å². The Balaban J connectivity index is 2.94. The highest BCUT2D eigenvalue weighted by atomic mass is 16.5. The Morgan fingerprint density at radius 2 is 2.00 bits per heavy atom. The summed E-state index contributed by atoms with van der Waals surface area (Å²) in [6.45, 7) is 4.15. The van der Waals surface area contributed by atoms with Gasteiger partial charge in [0.25, 0.3) is 0 Å². The second kappa shape index (κ2) is 4.62. The Hall–Kier alpha value is -2.14. The molecule has 0 spiro atoms. The summed E-state index contributed by atoms with van der Waals surface area (Å²) in [7, 11) is 1.61. The van der Waals surface area contributed by atoms with E-state index < -0.39 is 0 Å². The van der Waals surface area contributed by atoms with E-state index in [4.69, 9.17) is 11.2 Å². The monoisotopic (exact) mass is 240 g/mol. The number of aromatic hydroxyl groups is 1. The zero-order chi connectivity index (χ0) is 13.3. The fraction of sp³-hybridized carbons (Fsp3) is 0.250. The SMILES string of the molecule is C#Cc1c(OC)ccc2cc(O)cc(C(C)C)c12. The lowest BCUT2D eigenvalue weighted by Crippen LogP contribution is -1.95. The molecule has 0 aliphatic heterocycles. The van der Waals surface area contributed by atoms with Gasteiger partial charge in [0.15, 0.2) is 0 Å². The first kappa shape index (κ1) is 12.3. The van der Waals surface area contributed by atoms with Gasteiger partial charge >= 0.3 is 0 Å². The molecule has 2 rings (SSSR count). The third-order valence-corrected chi connectivity index (χ3v) is 3.08. The van der Waals surface area contributed by atoms with Crippen LogP contribution in [0.1, 0.15) is 30.9 Å². The van der Waals surface area contributed by atoms with Crippen molar-refractivity contribution in [2.75, 3.05) is 7.11 Å². The lowest BCUT2D eigenvalue weighted by atomic mass is 9.92. The van der Waals surface area contributed by atoms with Crippen LogP contribution in [0.4, 0.5) is 0 Å². The van der Waals surface area contributed by atoms with Crippen molar-refractivity contribution < 1.29 is 9.84 Å². The van der Waals surface area contributed by atoms with Crippen LogP contribution in [0.15, 0.2) is 24.3 Å². The van der Waals surface area contributed by atoms with Crippen LogP contribution in [0.3, 0.4) is 0 Å². The molecule has 0 saturated carbocycles. The Labute approximate surface area is 107 Å². The molecule has 0 unspecified atom stereocenters. The zero-order valence-corrected chi connectivity index (χ0v) is 10.8. The molecular formula is C16H16O2. The minimum Gasteiger partial charge on any atom is -0.508 e. The van der Waals surface area contributed by atoms with Crippen LogP contribution in [-0.4, -0.2) is 12.2 Å². The van der Waals surface area contributed by atoms with E-state index in [1.54, 1.807) is 19.2 Å². The van der Waals surface area contributed by atoms with Gasteiger partial charge in [0, 0.05) is 5.39 Å². The van der Waals surface area contributed by atoms with Crippen molar-refractivity contribution in [1.82, 2.24) is 0 Å². The van der Waals surface area contributed by atoms with Crippen LogP contribution in [0.5, 0.6) is 11.5 Å². The molecule has 2 aromatic rings. The van der Waals surface area contributed by atoms with E-state index in [-0.39, 0.29) is 11.7 Å². The van der Waals surface area contributed by atoms with Gasteiger partial charge in [-0.25, -0.2) is 0 Å². The number of phenolic OH excluding ortho intramolecular Hbond substituents is 1. The lowest BCUT2D eigenvalue weighted by Gasteiger charge is -2.14. The maximum Gasteiger partial charge on any atom is 0.135 e. The summed E-state index contributed by atoms with van der Waals surface area (Å²) in [4.78, 5) is 0. The Morgan fingerprint density at radius 1 is 1.28 bits per heavy atom. The molecule has 0 atom stereocenters. The predicted molar refractivity (Wildman–Crippen MR) is 74.2 cm³/mol. The van der Waals surface area contributed by atoms with Crippen molar-refractivity contribution in [3.05, 3.63) is 35.4 Å². The van der Waals surface area contributed by atoms with Crippen LogP contribution >= 0.6 is 0 Å². The molecule has 0 saturated heterocycles. The number of hydrogen-bond donors (Lipinski definition) is 1. The quantitative estimate of drug-likeness (QED) is 0.812. The van der Waals surface area contributed by atoms with Crippen LogP contribution < -0.4 is 4.74 Å². The molecular weight excluding hydrogens is 224 g/mol. The first-order valence-corrected chi connectivity index (χ1v) is 5.88. The van der Waals surface area contributed by atoms with Gasteiger partial charge in [-0.1, -0.05) is 25.8 Å². The third kappa shape index (κ3) is 1.89. The number of benzene rings is 2. The van der Waals surface area contributed by atoms with Gasteiger partial charge < -0.3 is 9.84 Å². The van der Waals surface area contributed by atoms with E-state index >= 15 is 0 Å². The summed E-state index contributed by atoms with van der Waals surface area (Å²) < 4.78 is 5.30. The first-order valence-electron chi connectivity index (χ1n) is 5.88. The Bertz CT molecular complexity index is 634. The fourth-order valence-corrected chi connectivity index (χ4v) is 2.23. The fourth-order valence-electron chi connectivity index (χ4n) is 2.23. The molecule has 0 aliphatic carbocycles. The predicted octanol–water partition coefficient (Wildman–Crippen LogP) is 3.66. The van der Waals surface area contributed by atoms with E-state index in [0.29, 0.717) is 5.75 Å². The van der Waals surface area contributed by atoms with E-state index in [1.165, 1.54) is 0 Å². The largest absolute Gasteiger partial charge is 0.508 e. The molecule has 0 fully saturated rings. The van der Waals surface area contributed by atoms with Gasteiger partial charge in [-0.3, -0.25) is 0 Å². The molecule has 0 bridgehead atoms. The highest BCUT2D eigenvalue weighted by molar-refractivity contribution is 5.94. The Morgan fingerprint density at radius 3 is 2.56 bits per heavy atom. The third-order valence-electron chi connectivity index (χ3n) is 3.08. The number of fused-ring (bicyclic) bond motifs is 1. The number of terminal acetylenes is 1. The molecule has 18 heavy (non-hydrogen) atoms. The summed E-state index contributed by atoms with van der Waals surface area (Å²) in [6, 6.07) is 7.25. The number of ether oxygens (including phenoxy) is 1. The molecule has 0 heterocycles. The average Bonchev–Trinajstić information content (AvgIpc) is 2.35. The maximum absolute atomic E-state index is 9.77. The minimum atomic E-state index is 0.263. The summed E-state index contributed by atoms with van der Waals surface area (Å²) in [5.74, 6) is 3.93. The van der Waals surface area contributed by atoms with Gasteiger partial charge in [-0.2, -0.15) is 0 Å². The highest BCUT2D eigenvalue weighted by Crippen LogP contribution is 2.35. The van der Waals surface area contributed by atoms with Gasteiger partial charge in [0.05, 0.1) is 12.7 Å². The van der Waals surface area contributed by atoms with Crippen LogP contribution in [0, 0.1) is 12.3 Å². The first-order chi connectivity index (χ1) is 8.58. The van der Waals surface area contributed by atoms with Crippen LogP contribution in [0.25, 0.3) is 10.8 Å². The second-order valence-corrected chi connectivity index (χ2v) is 4.57. The highest BCUT2D eigenvalue weighted by Gasteiger charge is 2.13. The summed E-state index contributed by atoms with van der Waals surface area (Å²) in [6.07, 6.45) is 5.61. The zero-order valence-electron chi connectivity index (χ0n) is 10.8. The smallest absolute Gasteiger partial charge is 0.135 e. The molecule has 0 aromatic heterocycles. The number of hydrogen-bond acceptors (Lipinski definition) is 2. The second-order valence-electron chi connectivity index (χ2n) is 4.57. The van der Waals surface area contributed by atoms with Gasteiger partial charge in [-0.15, -0.1) is 6.42 Å². The summed E-state index contributed by atoms with van der Waals surface area (Å²) >= 11 is 0. The summed E-state index contributed by atoms with van der Waals surface area (Å²) in [5.41, 5.74) is 1.79. The minimum absolute atomic E-state index is 0.263. The van der Waals surface area contributed by atoms with Crippen LogP contribution in [0.2, 0.25) is 0 Å². The molecule has 0 radical (unpaired) electrons. The van der Waals surface area contributed by atoms with Crippen molar-refractivity contribution in [1.29, 1.82) is 0 Å². The number of rotatable bonds is 2. The van der Waals surface area contributed by atoms with Crippen molar-refractivity contribution >= 4 is 10.8 Å². The summed E-state index contributed by atoms with van der Waals surface area (Å²) in [5, 5.41) is 11.7. The number of phenols is 1. The van der Waals surface area contributed by atoms with Gasteiger partial charge in [0.1, 0.15) is 11.5 Å². The average molecular weight is 240 g/mol. The van der Waals surface area contributed by atoms with Crippen molar-refractivity contribution in [2.24, 2.45) is 0 Å². The van der Waals surface area contributed by atoms with E-state index in [0.717, 1.165) is 21.9 Å². The normalized spacial score (nSPS) is 10.6. The molecule has 2 aromatic carbocycles. The van der Waals surface area contributed by atoms with E-state index in [1.807, 2.05) is 12.1 Å². The molecule has 1 N–H and O–H groups in total. The van der Waals surface area contributed by atoms with Crippen molar-refractivity contribution in [3.63, 3.8) is 0 Å². The number of methoxy groups -OCH3 is 1. The molecule has 0 aliphatic rings. The molecule has 2 heteroatoms.